The maximum Gasteiger partial charge on any atom is 0.290 e. The minimum atomic E-state index is -0.568. The van der Waals surface area contributed by atoms with Crippen LogP contribution in [0.5, 0.6) is 0 Å². The molecule has 2 aromatic heterocycles. The van der Waals surface area contributed by atoms with Gasteiger partial charge in [-0.15, -0.1) is 0 Å². The fourth-order valence-corrected chi connectivity index (χ4v) is 3.45. The number of hydrogen-bond donors (Lipinski definition) is 1. The third-order valence-electron chi connectivity index (χ3n) is 4.50. The minimum Gasteiger partial charge on any atom is -0.333 e. The monoisotopic (exact) mass is 362 g/mol. The van der Waals surface area contributed by atoms with Crippen LogP contribution >= 0.6 is 11.6 Å². The summed E-state index contributed by atoms with van der Waals surface area (Å²) in [7, 11) is 0. The van der Waals surface area contributed by atoms with Crippen molar-refractivity contribution in [3.63, 3.8) is 0 Å². The van der Waals surface area contributed by atoms with E-state index in [0.29, 0.717) is 24.2 Å². The summed E-state index contributed by atoms with van der Waals surface area (Å²) in [6.45, 7) is 2.10. The summed E-state index contributed by atoms with van der Waals surface area (Å²) in [5.74, 6) is -1.43. The lowest BCUT2D eigenvalue weighted by atomic mass is 9.97. The molecule has 5 nitrogen and oxygen atoms in total. The molecule has 1 amide bonds. The van der Waals surface area contributed by atoms with Crippen molar-refractivity contribution in [2.75, 3.05) is 6.54 Å². The highest BCUT2D eigenvalue weighted by molar-refractivity contribution is 6.35. The van der Waals surface area contributed by atoms with Crippen molar-refractivity contribution in [2.24, 2.45) is 0 Å². The molecular weight excluding hydrogens is 350 g/mol. The number of aromatic nitrogens is 3. The number of carbonyl (C=O) groups excluding carboxylic acids is 1. The van der Waals surface area contributed by atoms with Gasteiger partial charge in [0, 0.05) is 24.7 Å². The third-order valence-corrected chi connectivity index (χ3v) is 4.82. The summed E-state index contributed by atoms with van der Waals surface area (Å²) in [6.07, 6.45) is 1.86. The maximum absolute atomic E-state index is 14.2. The number of H-pyrrole nitrogens is 1. The van der Waals surface area contributed by atoms with Crippen LogP contribution in [0.1, 0.15) is 34.8 Å². The molecular formula is C17H13ClF2N4O. The normalized spacial score (nSPS) is 17.0. The summed E-state index contributed by atoms with van der Waals surface area (Å²) in [5, 5.41) is 0.273. The van der Waals surface area contributed by atoms with E-state index in [1.807, 2.05) is 0 Å². The highest BCUT2D eigenvalue weighted by atomic mass is 35.5. The standard InChI is InChI=1S/C17H13ClF2N4O/c1-8-13-10(19)4-6-21-12(13)5-7-24(8)17(25)16-22-14-9(18)2-3-11(20)15(14)23-16/h2-4,6,8H,5,7H2,1H3,(H,22,23). The highest BCUT2D eigenvalue weighted by Crippen LogP contribution is 2.32. The SMILES string of the molecule is CC1c2c(F)ccnc2CCN1C(=O)c1nc2c(F)ccc(Cl)c2[nH]1. The molecule has 0 radical (unpaired) electrons. The lowest BCUT2D eigenvalue weighted by Gasteiger charge is -2.34. The van der Waals surface area contributed by atoms with Crippen molar-refractivity contribution in [3.8, 4) is 0 Å². The maximum atomic E-state index is 14.2. The summed E-state index contributed by atoms with van der Waals surface area (Å²) in [6, 6.07) is 3.37. The number of pyridine rings is 1. The average Bonchev–Trinajstić information content (AvgIpc) is 3.05. The number of fused-ring (bicyclic) bond motifs is 2. The molecule has 128 valence electrons. The quantitative estimate of drug-likeness (QED) is 0.718. The molecule has 0 bridgehead atoms. The highest BCUT2D eigenvalue weighted by Gasteiger charge is 2.32. The molecule has 0 spiro atoms. The van der Waals surface area contributed by atoms with Gasteiger partial charge in [0.05, 0.1) is 22.3 Å². The molecule has 4 rings (SSSR count). The van der Waals surface area contributed by atoms with Crippen molar-refractivity contribution >= 4 is 28.5 Å². The topological polar surface area (TPSA) is 61.9 Å². The van der Waals surface area contributed by atoms with Crippen LogP contribution in [0.4, 0.5) is 8.78 Å². The minimum absolute atomic E-state index is 0.00811. The van der Waals surface area contributed by atoms with Crippen molar-refractivity contribution in [1.82, 2.24) is 19.9 Å². The summed E-state index contributed by atoms with van der Waals surface area (Å²) in [4.78, 5) is 25.4. The van der Waals surface area contributed by atoms with E-state index in [2.05, 4.69) is 15.0 Å². The first-order valence-corrected chi connectivity index (χ1v) is 8.13. The van der Waals surface area contributed by atoms with Crippen LogP contribution in [0.25, 0.3) is 11.0 Å². The Morgan fingerprint density at radius 2 is 2.12 bits per heavy atom. The zero-order valence-electron chi connectivity index (χ0n) is 13.2. The van der Waals surface area contributed by atoms with E-state index in [4.69, 9.17) is 11.6 Å². The van der Waals surface area contributed by atoms with Crippen molar-refractivity contribution in [3.05, 3.63) is 58.1 Å². The molecule has 8 heteroatoms. The summed E-state index contributed by atoms with van der Waals surface area (Å²) >= 11 is 6.03. The first kappa shape index (κ1) is 16.0. The lowest BCUT2D eigenvalue weighted by molar-refractivity contribution is 0.0661. The van der Waals surface area contributed by atoms with Gasteiger partial charge in [-0.3, -0.25) is 9.78 Å². The summed E-state index contributed by atoms with van der Waals surface area (Å²) < 4.78 is 28.1. The van der Waals surface area contributed by atoms with E-state index in [0.717, 1.165) is 0 Å². The molecule has 1 N–H and O–H groups in total. The van der Waals surface area contributed by atoms with Gasteiger partial charge in [-0.25, -0.2) is 13.8 Å². The number of aromatic amines is 1. The van der Waals surface area contributed by atoms with Crippen molar-refractivity contribution in [1.29, 1.82) is 0 Å². The van der Waals surface area contributed by atoms with E-state index >= 15 is 0 Å². The predicted octanol–water partition coefficient (Wildman–Crippen LogP) is 3.65. The van der Waals surface area contributed by atoms with Crippen LogP contribution in [-0.4, -0.2) is 32.3 Å². The molecule has 0 saturated carbocycles. The van der Waals surface area contributed by atoms with Gasteiger partial charge in [0.25, 0.3) is 5.91 Å². The van der Waals surface area contributed by atoms with Crippen LogP contribution in [0.15, 0.2) is 24.4 Å². The summed E-state index contributed by atoms with van der Waals surface area (Å²) in [5.41, 5.74) is 1.33. The van der Waals surface area contributed by atoms with E-state index in [-0.39, 0.29) is 21.9 Å². The van der Waals surface area contributed by atoms with Crippen LogP contribution in [-0.2, 0) is 6.42 Å². The van der Waals surface area contributed by atoms with E-state index in [1.54, 1.807) is 6.92 Å². The van der Waals surface area contributed by atoms with Gasteiger partial charge in [0.15, 0.2) is 11.6 Å². The van der Waals surface area contributed by atoms with Gasteiger partial charge in [0.1, 0.15) is 11.3 Å². The van der Waals surface area contributed by atoms with Crippen LogP contribution in [0.2, 0.25) is 5.02 Å². The number of carbonyl (C=O) groups is 1. The van der Waals surface area contributed by atoms with Gasteiger partial charge in [-0.1, -0.05) is 11.6 Å². The Bertz CT molecular complexity index is 965. The number of halogens is 3. The van der Waals surface area contributed by atoms with Gasteiger partial charge < -0.3 is 9.88 Å². The first-order valence-electron chi connectivity index (χ1n) is 7.75. The first-order chi connectivity index (χ1) is 12.0. The second-order valence-corrected chi connectivity index (χ2v) is 6.32. The fourth-order valence-electron chi connectivity index (χ4n) is 3.25. The zero-order chi connectivity index (χ0) is 17.7. The Morgan fingerprint density at radius 1 is 1.32 bits per heavy atom. The predicted molar refractivity (Wildman–Crippen MR) is 88.4 cm³/mol. The Kier molecular flexibility index (Phi) is 3.68. The molecule has 25 heavy (non-hydrogen) atoms. The van der Waals surface area contributed by atoms with Crippen LogP contribution in [0, 0.1) is 11.6 Å². The van der Waals surface area contributed by atoms with Crippen molar-refractivity contribution < 1.29 is 13.6 Å². The van der Waals surface area contributed by atoms with Crippen molar-refractivity contribution in [2.45, 2.75) is 19.4 Å². The fraction of sp³-hybridized carbons (Fsp3) is 0.235. The van der Waals surface area contributed by atoms with Gasteiger partial charge in [0.2, 0.25) is 0 Å². The van der Waals surface area contributed by atoms with Crippen LogP contribution < -0.4 is 0 Å². The second-order valence-electron chi connectivity index (χ2n) is 5.92. The van der Waals surface area contributed by atoms with Gasteiger partial charge >= 0.3 is 0 Å². The Morgan fingerprint density at radius 3 is 2.88 bits per heavy atom. The number of rotatable bonds is 1. The molecule has 0 fully saturated rings. The van der Waals surface area contributed by atoms with E-state index in [9.17, 15) is 13.6 Å². The largest absolute Gasteiger partial charge is 0.333 e. The van der Waals surface area contributed by atoms with Gasteiger partial charge in [-0.05, 0) is 25.1 Å². The third kappa shape index (κ3) is 2.46. The number of hydrogen-bond acceptors (Lipinski definition) is 3. The Balaban J connectivity index is 1.74. The number of nitrogens with zero attached hydrogens (tertiary/aromatic N) is 3. The number of amides is 1. The number of imidazole rings is 1. The molecule has 1 aromatic carbocycles. The molecule has 3 aromatic rings. The molecule has 0 aliphatic carbocycles. The molecule has 1 unspecified atom stereocenters. The molecule has 1 atom stereocenters. The Hall–Kier alpha value is -2.54. The molecule has 1 aliphatic heterocycles. The Labute approximate surface area is 146 Å². The molecule has 3 heterocycles. The van der Waals surface area contributed by atoms with Crippen LogP contribution in [0.3, 0.4) is 0 Å². The zero-order valence-corrected chi connectivity index (χ0v) is 13.9. The second kappa shape index (κ2) is 5.77. The van der Waals surface area contributed by atoms with E-state index in [1.165, 1.54) is 29.3 Å². The smallest absolute Gasteiger partial charge is 0.290 e. The lowest BCUT2D eigenvalue weighted by Crippen LogP contribution is -2.40. The van der Waals surface area contributed by atoms with Gasteiger partial charge in [-0.2, -0.15) is 0 Å². The number of benzene rings is 1. The average molecular weight is 363 g/mol. The molecule has 0 saturated heterocycles. The molecule has 1 aliphatic rings. The van der Waals surface area contributed by atoms with E-state index < -0.39 is 23.6 Å². The number of nitrogens with one attached hydrogen (secondary N) is 1.